The fourth-order valence-corrected chi connectivity index (χ4v) is 2.96. The van der Waals surface area contributed by atoms with Crippen LogP contribution in [-0.4, -0.2) is 28.3 Å². The number of hydrogen-bond donors (Lipinski definition) is 0. The van der Waals surface area contributed by atoms with Crippen LogP contribution in [0.25, 0.3) is 0 Å². The molecule has 1 aliphatic heterocycles. The second-order valence-electron chi connectivity index (χ2n) is 5.28. The van der Waals surface area contributed by atoms with Gasteiger partial charge in [0, 0.05) is 24.2 Å². The summed E-state index contributed by atoms with van der Waals surface area (Å²) in [6, 6.07) is 4.70. The SMILES string of the molecule is CC1CCCN(C(=O)c2ccc(Br)c([N+](=O)[O-])c2)C1C. The molecule has 2 rings (SSSR count). The lowest BCUT2D eigenvalue weighted by atomic mass is 9.91. The molecule has 6 heteroatoms. The van der Waals surface area contributed by atoms with Crippen molar-refractivity contribution in [3.8, 4) is 0 Å². The third-order valence-corrected chi connectivity index (χ3v) is 4.69. The van der Waals surface area contributed by atoms with Gasteiger partial charge in [0.1, 0.15) is 0 Å². The normalized spacial score (nSPS) is 22.6. The number of carbonyl (C=O) groups excluding carboxylic acids is 1. The van der Waals surface area contributed by atoms with E-state index in [-0.39, 0.29) is 17.6 Å². The molecule has 20 heavy (non-hydrogen) atoms. The summed E-state index contributed by atoms with van der Waals surface area (Å²) in [4.78, 5) is 24.8. The van der Waals surface area contributed by atoms with Gasteiger partial charge >= 0.3 is 0 Å². The number of piperidine rings is 1. The largest absolute Gasteiger partial charge is 0.336 e. The van der Waals surface area contributed by atoms with E-state index in [1.54, 1.807) is 12.1 Å². The average Bonchev–Trinajstić information content (AvgIpc) is 2.41. The number of benzene rings is 1. The van der Waals surface area contributed by atoms with Crippen molar-refractivity contribution in [1.29, 1.82) is 0 Å². The zero-order valence-corrected chi connectivity index (χ0v) is 13.1. The molecule has 1 aromatic rings. The van der Waals surface area contributed by atoms with E-state index in [0.29, 0.717) is 22.5 Å². The molecule has 0 saturated carbocycles. The predicted molar refractivity (Wildman–Crippen MR) is 79.7 cm³/mol. The number of hydrogen-bond acceptors (Lipinski definition) is 3. The van der Waals surface area contributed by atoms with Crippen LogP contribution < -0.4 is 0 Å². The van der Waals surface area contributed by atoms with Crippen LogP contribution in [0.5, 0.6) is 0 Å². The highest BCUT2D eigenvalue weighted by molar-refractivity contribution is 9.10. The van der Waals surface area contributed by atoms with Gasteiger partial charge in [0.25, 0.3) is 11.6 Å². The Morgan fingerprint density at radius 3 is 2.80 bits per heavy atom. The quantitative estimate of drug-likeness (QED) is 0.610. The highest BCUT2D eigenvalue weighted by Crippen LogP contribution is 2.28. The van der Waals surface area contributed by atoms with Gasteiger partial charge in [0.2, 0.25) is 0 Å². The van der Waals surface area contributed by atoms with Crippen LogP contribution in [0.1, 0.15) is 37.0 Å². The number of nitrogens with zero attached hydrogens (tertiary/aromatic N) is 2. The summed E-state index contributed by atoms with van der Waals surface area (Å²) >= 11 is 3.13. The van der Waals surface area contributed by atoms with Crippen molar-refractivity contribution < 1.29 is 9.72 Å². The van der Waals surface area contributed by atoms with E-state index in [2.05, 4.69) is 22.9 Å². The van der Waals surface area contributed by atoms with Crippen LogP contribution in [0, 0.1) is 16.0 Å². The Labute approximate surface area is 126 Å². The Kier molecular flexibility index (Phi) is 4.42. The summed E-state index contributed by atoms with van der Waals surface area (Å²) in [5, 5.41) is 10.9. The first-order chi connectivity index (χ1) is 9.41. The van der Waals surface area contributed by atoms with Gasteiger partial charge in [-0.15, -0.1) is 0 Å². The van der Waals surface area contributed by atoms with Crippen molar-refractivity contribution in [3.05, 3.63) is 38.3 Å². The Bertz CT molecular complexity index is 547. The molecule has 0 spiro atoms. The maximum absolute atomic E-state index is 12.5. The van der Waals surface area contributed by atoms with Crippen molar-refractivity contribution in [2.24, 2.45) is 5.92 Å². The molecule has 1 saturated heterocycles. The van der Waals surface area contributed by atoms with Crippen molar-refractivity contribution in [1.82, 2.24) is 4.90 Å². The minimum absolute atomic E-state index is 0.0754. The Balaban J connectivity index is 2.29. The second kappa shape index (κ2) is 5.91. The fourth-order valence-electron chi connectivity index (χ4n) is 2.57. The number of carbonyl (C=O) groups is 1. The lowest BCUT2D eigenvalue weighted by Crippen LogP contribution is -2.46. The third-order valence-electron chi connectivity index (χ3n) is 4.02. The molecule has 2 atom stereocenters. The van der Waals surface area contributed by atoms with Gasteiger partial charge in [-0.3, -0.25) is 14.9 Å². The van der Waals surface area contributed by atoms with Crippen molar-refractivity contribution in [2.75, 3.05) is 6.54 Å². The highest BCUT2D eigenvalue weighted by atomic mass is 79.9. The minimum atomic E-state index is -0.483. The van der Waals surface area contributed by atoms with E-state index < -0.39 is 4.92 Å². The molecule has 108 valence electrons. The van der Waals surface area contributed by atoms with Gasteiger partial charge in [-0.25, -0.2) is 0 Å². The van der Waals surface area contributed by atoms with E-state index in [1.165, 1.54) is 6.07 Å². The number of nitro benzene ring substituents is 1. The van der Waals surface area contributed by atoms with Gasteiger partial charge in [-0.2, -0.15) is 0 Å². The summed E-state index contributed by atoms with van der Waals surface area (Å²) < 4.78 is 0.388. The van der Waals surface area contributed by atoms with Gasteiger partial charge in [-0.05, 0) is 53.7 Å². The van der Waals surface area contributed by atoms with Crippen LogP contribution >= 0.6 is 15.9 Å². The van der Waals surface area contributed by atoms with Gasteiger partial charge in [-0.1, -0.05) is 6.92 Å². The number of amides is 1. The summed E-state index contributed by atoms with van der Waals surface area (Å²) in [5.41, 5.74) is 0.300. The molecule has 2 unspecified atom stereocenters. The van der Waals surface area contributed by atoms with Crippen molar-refractivity contribution in [3.63, 3.8) is 0 Å². The van der Waals surface area contributed by atoms with Crippen LogP contribution in [0.15, 0.2) is 22.7 Å². The molecule has 0 aromatic heterocycles. The first-order valence-electron chi connectivity index (χ1n) is 6.66. The Morgan fingerprint density at radius 1 is 1.45 bits per heavy atom. The molecular formula is C14H17BrN2O3. The summed E-state index contributed by atoms with van der Waals surface area (Å²) in [7, 11) is 0. The molecule has 5 nitrogen and oxygen atoms in total. The molecule has 0 bridgehead atoms. The zero-order chi connectivity index (χ0) is 14.9. The highest BCUT2D eigenvalue weighted by Gasteiger charge is 2.29. The number of rotatable bonds is 2. The predicted octanol–water partition coefficient (Wildman–Crippen LogP) is 3.62. The lowest BCUT2D eigenvalue weighted by molar-refractivity contribution is -0.385. The van der Waals surface area contributed by atoms with Crippen LogP contribution in [0.2, 0.25) is 0 Å². The van der Waals surface area contributed by atoms with E-state index >= 15 is 0 Å². The molecule has 0 N–H and O–H groups in total. The number of nitro groups is 1. The smallest absolute Gasteiger partial charge is 0.284 e. The Hall–Kier alpha value is -1.43. The monoisotopic (exact) mass is 340 g/mol. The van der Waals surface area contributed by atoms with Crippen LogP contribution in [-0.2, 0) is 0 Å². The summed E-state index contributed by atoms with van der Waals surface area (Å²) in [6.07, 6.45) is 2.10. The molecule has 1 aromatic carbocycles. The molecule has 1 aliphatic rings. The number of halogens is 1. The van der Waals surface area contributed by atoms with Crippen LogP contribution in [0.4, 0.5) is 5.69 Å². The summed E-state index contributed by atoms with van der Waals surface area (Å²) in [6.45, 7) is 4.89. The molecule has 0 aliphatic carbocycles. The van der Waals surface area contributed by atoms with E-state index in [4.69, 9.17) is 0 Å². The van der Waals surface area contributed by atoms with E-state index in [0.717, 1.165) is 12.8 Å². The topological polar surface area (TPSA) is 63.5 Å². The van der Waals surface area contributed by atoms with Crippen LogP contribution in [0.3, 0.4) is 0 Å². The van der Waals surface area contributed by atoms with E-state index in [9.17, 15) is 14.9 Å². The fraction of sp³-hybridized carbons (Fsp3) is 0.500. The lowest BCUT2D eigenvalue weighted by Gasteiger charge is -2.38. The van der Waals surface area contributed by atoms with Gasteiger partial charge in [0.15, 0.2) is 0 Å². The van der Waals surface area contributed by atoms with Crippen molar-refractivity contribution in [2.45, 2.75) is 32.7 Å². The summed E-state index contributed by atoms with van der Waals surface area (Å²) in [5.74, 6) is 0.331. The number of likely N-dealkylation sites (tertiary alicyclic amines) is 1. The molecule has 1 amide bonds. The van der Waals surface area contributed by atoms with E-state index in [1.807, 2.05) is 11.8 Å². The molecule has 0 radical (unpaired) electrons. The molecular weight excluding hydrogens is 324 g/mol. The molecule has 1 heterocycles. The zero-order valence-electron chi connectivity index (χ0n) is 11.5. The van der Waals surface area contributed by atoms with Crippen molar-refractivity contribution >= 4 is 27.5 Å². The molecule has 1 fully saturated rings. The maximum Gasteiger partial charge on any atom is 0.284 e. The van der Waals surface area contributed by atoms with Gasteiger partial charge < -0.3 is 4.90 Å². The average molecular weight is 341 g/mol. The third kappa shape index (κ3) is 2.85. The van der Waals surface area contributed by atoms with Gasteiger partial charge in [0.05, 0.1) is 9.40 Å². The first kappa shape index (κ1) is 15.0. The second-order valence-corrected chi connectivity index (χ2v) is 6.14. The standard InChI is InChI=1S/C14H17BrN2O3/c1-9-4-3-7-16(10(9)2)14(18)11-5-6-12(15)13(8-11)17(19)20/h5-6,8-10H,3-4,7H2,1-2H3. The minimum Gasteiger partial charge on any atom is -0.336 e. The Morgan fingerprint density at radius 2 is 2.15 bits per heavy atom. The first-order valence-corrected chi connectivity index (χ1v) is 7.46. The maximum atomic E-state index is 12.5.